The predicted octanol–water partition coefficient (Wildman–Crippen LogP) is 3.70. The average Bonchev–Trinajstić information content (AvgIpc) is 3.20. The van der Waals surface area contributed by atoms with Crippen molar-refractivity contribution < 1.29 is 23.4 Å². The van der Waals surface area contributed by atoms with Gasteiger partial charge in [-0.3, -0.25) is 9.59 Å². The second-order valence-corrected chi connectivity index (χ2v) is 8.45. The Bertz CT molecular complexity index is 1240. The van der Waals surface area contributed by atoms with Crippen LogP contribution in [0.4, 0.5) is 10.1 Å². The molecule has 186 valence electrons. The summed E-state index contributed by atoms with van der Waals surface area (Å²) in [4.78, 5) is 28.2. The second-order valence-electron chi connectivity index (χ2n) is 8.45. The highest BCUT2D eigenvalue weighted by Crippen LogP contribution is 2.27. The largest absolute Gasteiger partial charge is 0.497 e. The molecule has 0 saturated carbocycles. The molecule has 2 amide bonds. The number of hydrazone groups is 1. The fraction of sp³-hybridized carbons (Fsp3) is 0.250. The summed E-state index contributed by atoms with van der Waals surface area (Å²) >= 11 is 0. The molecule has 0 bridgehead atoms. The third-order valence-corrected chi connectivity index (χ3v) is 6.30. The lowest BCUT2D eigenvalue weighted by molar-refractivity contribution is -0.596. The molecule has 3 aromatic carbocycles. The van der Waals surface area contributed by atoms with Gasteiger partial charge in [0.15, 0.2) is 6.04 Å². The maximum absolute atomic E-state index is 13.3. The zero-order valence-electron chi connectivity index (χ0n) is 20.6. The summed E-state index contributed by atoms with van der Waals surface area (Å²) in [7, 11) is 1.59. The van der Waals surface area contributed by atoms with Crippen LogP contribution in [-0.4, -0.2) is 49.0 Å². The number of amides is 2. The Kier molecular flexibility index (Phi) is 7.63. The van der Waals surface area contributed by atoms with Crippen LogP contribution in [0.1, 0.15) is 41.4 Å². The molecular formula is C28H30FN4O3+. The van der Waals surface area contributed by atoms with Gasteiger partial charge in [0.05, 0.1) is 7.11 Å². The van der Waals surface area contributed by atoms with Crippen molar-refractivity contribution >= 4 is 23.7 Å². The molecule has 0 spiro atoms. The summed E-state index contributed by atoms with van der Waals surface area (Å²) in [6.07, 6.45) is 1.85. The van der Waals surface area contributed by atoms with Crippen LogP contribution >= 0.6 is 0 Å². The summed E-state index contributed by atoms with van der Waals surface area (Å²) in [5.74, 6) is -0.555. The van der Waals surface area contributed by atoms with E-state index in [1.807, 2.05) is 54.7 Å². The lowest BCUT2D eigenvalue weighted by atomic mass is 9.99. The first-order valence-corrected chi connectivity index (χ1v) is 11.9. The van der Waals surface area contributed by atoms with Gasteiger partial charge in [0.2, 0.25) is 12.3 Å². The third kappa shape index (κ3) is 5.38. The SMILES string of the molecule is CCN(CC)c1ccc(/C=[N+]2\NC(=O)[C@@H](NC(=O)c3ccc(F)cc3)[C@H]2c2ccc(OC)cc2)cc1. The first-order valence-electron chi connectivity index (χ1n) is 11.9. The molecule has 2 atom stereocenters. The Morgan fingerprint density at radius 2 is 1.67 bits per heavy atom. The monoisotopic (exact) mass is 489 g/mol. The summed E-state index contributed by atoms with van der Waals surface area (Å²) in [6.45, 7) is 6.06. The van der Waals surface area contributed by atoms with Crippen molar-refractivity contribution in [2.24, 2.45) is 0 Å². The number of benzene rings is 3. The molecule has 1 aliphatic heterocycles. The normalized spacial score (nSPS) is 18.1. The number of anilines is 1. The molecular weight excluding hydrogens is 459 g/mol. The summed E-state index contributed by atoms with van der Waals surface area (Å²) in [5, 5.41) is 2.82. The van der Waals surface area contributed by atoms with Gasteiger partial charge in [-0.15, -0.1) is 10.1 Å². The molecule has 4 rings (SSSR count). The predicted molar refractivity (Wildman–Crippen MR) is 137 cm³/mol. The first kappa shape index (κ1) is 24.9. The van der Waals surface area contributed by atoms with Gasteiger partial charge in [0.25, 0.3) is 5.91 Å². The van der Waals surface area contributed by atoms with Gasteiger partial charge in [-0.1, -0.05) is 0 Å². The van der Waals surface area contributed by atoms with E-state index >= 15 is 0 Å². The van der Waals surface area contributed by atoms with Crippen molar-refractivity contribution in [2.45, 2.75) is 25.9 Å². The van der Waals surface area contributed by atoms with Gasteiger partial charge in [-0.25, -0.2) is 4.39 Å². The van der Waals surface area contributed by atoms with Gasteiger partial charge in [-0.05, 0) is 86.6 Å². The zero-order chi connectivity index (χ0) is 25.7. The minimum absolute atomic E-state index is 0.270. The highest BCUT2D eigenvalue weighted by molar-refractivity contribution is 5.98. The van der Waals surface area contributed by atoms with Crippen LogP contribution in [0.3, 0.4) is 0 Å². The van der Waals surface area contributed by atoms with Crippen molar-refractivity contribution in [3.8, 4) is 5.75 Å². The van der Waals surface area contributed by atoms with Crippen LogP contribution in [0.15, 0.2) is 72.8 Å². The molecule has 0 radical (unpaired) electrons. The number of hydrazine groups is 1. The fourth-order valence-electron chi connectivity index (χ4n) is 4.33. The summed E-state index contributed by atoms with van der Waals surface area (Å²) in [6, 6.07) is 19.3. The van der Waals surface area contributed by atoms with E-state index in [-0.39, 0.29) is 11.5 Å². The van der Waals surface area contributed by atoms with E-state index in [2.05, 4.69) is 29.5 Å². The number of nitrogens with zero attached hydrogens (tertiary/aromatic N) is 2. The Labute approximate surface area is 210 Å². The molecule has 2 N–H and O–H groups in total. The smallest absolute Gasteiger partial charge is 0.304 e. The molecule has 1 heterocycles. The molecule has 7 nitrogen and oxygen atoms in total. The molecule has 8 heteroatoms. The molecule has 0 unspecified atom stereocenters. The van der Waals surface area contributed by atoms with Gasteiger partial charge in [-0.2, -0.15) is 0 Å². The van der Waals surface area contributed by atoms with E-state index in [0.29, 0.717) is 5.75 Å². The molecule has 0 aromatic heterocycles. The number of ether oxygens (including phenoxy) is 1. The Morgan fingerprint density at radius 1 is 1.03 bits per heavy atom. The van der Waals surface area contributed by atoms with E-state index in [9.17, 15) is 14.0 Å². The van der Waals surface area contributed by atoms with Crippen LogP contribution in [0, 0.1) is 5.82 Å². The minimum atomic E-state index is -0.873. The quantitative estimate of drug-likeness (QED) is 0.474. The van der Waals surface area contributed by atoms with Crippen molar-refractivity contribution in [1.29, 1.82) is 0 Å². The van der Waals surface area contributed by atoms with Gasteiger partial charge in [0, 0.05) is 35.5 Å². The minimum Gasteiger partial charge on any atom is -0.497 e. The van der Waals surface area contributed by atoms with Gasteiger partial charge < -0.3 is 15.0 Å². The number of carbonyl (C=O) groups excluding carboxylic acids is 2. The molecule has 1 saturated heterocycles. The van der Waals surface area contributed by atoms with Crippen LogP contribution in [0.2, 0.25) is 0 Å². The second kappa shape index (κ2) is 11.0. The molecule has 0 aliphatic carbocycles. The Morgan fingerprint density at radius 3 is 2.25 bits per heavy atom. The lowest BCUT2D eigenvalue weighted by Crippen LogP contribution is -2.42. The highest BCUT2D eigenvalue weighted by Gasteiger charge is 2.47. The highest BCUT2D eigenvalue weighted by atomic mass is 19.1. The standard InChI is InChI=1S/C28H29FN4O3/c1-4-32(5-2)23-14-6-19(7-15-23)18-33-26(20-10-16-24(36-3)17-11-20)25(28(35)31-33)30-27(34)21-8-12-22(29)13-9-21/h6-18,25-26H,4-5H2,1-3H3,(H-,30,31,34,35)/p+1/t25-,26+/m0/s1. The van der Waals surface area contributed by atoms with Crippen LogP contribution < -0.4 is 20.4 Å². The van der Waals surface area contributed by atoms with Crippen LogP contribution in [-0.2, 0) is 4.79 Å². The number of hydrogen-bond acceptors (Lipinski definition) is 4. The number of carbonyl (C=O) groups is 2. The maximum atomic E-state index is 13.3. The van der Waals surface area contributed by atoms with E-state index in [1.54, 1.807) is 11.8 Å². The third-order valence-electron chi connectivity index (χ3n) is 6.30. The number of methoxy groups -OCH3 is 1. The Balaban J connectivity index is 1.67. The average molecular weight is 490 g/mol. The van der Waals surface area contributed by atoms with Crippen molar-refractivity contribution in [2.75, 3.05) is 25.1 Å². The van der Waals surface area contributed by atoms with E-state index in [1.165, 1.54) is 24.3 Å². The van der Waals surface area contributed by atoms with E-state index in [0.717, 1.165) is 29.9 Å². The summed E-state index contributed by atoms with van der Waals surface area (Å²) < 4.78 is 20.3. The molecule has 3 aromatic rings. The molecule has 1 fully saturated rings. The number of halogens is 1. The number of hydrogen-bond donors (Lipinski definition) is 2. The van der Waals surface area contributed by atoms with E-state index in [4.69, 9.17) is 4.74 Å². The maximum Gasteiger partial charge on any atom is 0.304 e. The van der Waals surface area contributed by atoms with Crippen molar-refractivity contribution in [1.82, 2.24) is 10.7 Å². The number of rotatable bonds is 8. The fourth-order valence-corrected chi connectivity index (χ4v) is 4.33. The van der Waals surface area contributed by atoms with Gasteiger partial charge >= 0.3 is 5.91 Å². The number of nitrogens with one attached hydrogen (secondary N) is 2. The summed E-state index contributed by atoms with van der Waals surface area (Å²) in [5.41, 5.74) is 5.98. The van der Waals surface area contributed by atoms with Crippen molar-refractivity contribution in [3.05, 3.63) is 95.3 Å². The zero-order valence-corrected chi connectivity index (χ0v) is 20.6. The topological polar surface area (TPSA) is 73.7 Å². The lowest BCUT2D eigenvalue weighted by Gasteiger charge is -2.20. The molecule has 1 aliphatic rings. The Hall–Kier alpha value is -4.20. The van der Waals surface area contributed by atoms with Crippen LogP contribution in [0.25, 0.3) is 0 Å². The van der Waals surface area contributed by atoms with Gasteiger partial charge in [0.1, 0.15) is 11.6 Å². The van der Waals surface area contributed by atoms with Crippen molar-refractivity contribution in [3.63, 3.8) is 0 Å². The molecule has 36 heavy (non-hydrogen) atoms. The van der Waals surface area contributed by atoms with E-state index < -0.39 is 23.8 Å². The van der Waals surface area contributed by atoms with Crippen LogP contribution in [0.5, 0.6) is 5.75 Å². The first-order chi connectivity index (χ1) is 17.4.